The third kappa shape index (κ3) is 3.79. The summed E-state index contributed by atoms with van der Waals surface area (Å²) >= 11 is 0. The van der Waals surface area contributed by atoms with Gasteiger partial charge in [0.25, 0.3) is 5.91 Å². The van der Waals surface area contributed by atoms with Crippen LogP contribution in [-0.4, -0.2) is 34.7 Å². The van der Waals surface area contributed by atoms with Crippen LogP contribution in [0.1, 0.15) is 60.8 Å². The first kappa shape index (κ1) is 21.3. The van der Waals surface area contributed by atoms with E-state index in [9.17, 15) is 13.2 Å². The van der Waals surface area contributed by atoms with E-state index >= 15 is 0 Å². The maximum Gasteiger partial charge on any atom is 0.265 e. The van der Waals surface area contributed by atoms with Crippen molar-refractivity contribution in [2.45, 2.75) is 43.5 Å². The van der Waals surface area contributed by atoms with Gasteiger partial charge in [0.05, 0.1) is 0 Å². The summed E-state index contributed by atoms with van der Waals surface area (Å²) in [6.07, 6.45) is 2.72. The molecule has 1 atom stereocenters. The molecule has 0 bridgehead atoms. The van der Waals surface area contributed by atoms with E-state index in [2.05, 4.69) is 0 Å². The first-order valence-electron chi connectivity index (χ1n) is 10.2. The van der Waals surface area contributed by atoms with Gasteiger partial charge in [0.2, 0.25) is 15.9 Å². The molecule has 0 radical (unpaired) electrons. The zero-order chi connectivity index (χ0) is 22.3. The number of carbonyl (C=O) groups is 1. The Balaban J connectivity index is 1.74. The van der Waals surface area contributed by atoms with Crippen LogP contribution in [0.25, 0.3) is 11.3 Å². The first-order valence-corrected chi connectivity index (χ1v) is 11.7. The van der Waals surface area contributed by atoms with Crippen LogP contribution < -0.4 is 5.73 Å². The molecule has 9 heteroatoms. The maximum absolute atomic E-state index is 13.4. The Kier molecular flexibility index (Phi) is 5.49. The second-order valence-electron chi connectivity index (χ2n) is 8.10. The van der Waals surface area contributed by atoms with E-state index in [1.165, 1.54) is 21.1 Å². The van der Waals surface area contributed by atoms with Gasteiger partial charge in [0.1, 0.15) is 28.1 Å². The predicted molar refractivity (Wildman–Crippen MR) is 116 cm³/mol. The number of hydrogen-bond donors (Lipinski definition) is 1. The zero-order valence-corrected chi connectivity index (χ0v) is 18.6. The summed E-state index contributed by atoms with van der Waals surface area (Å²) in [6, 6.07) is 10.6. The van der Waals surface area contributed by atoms with Gasteiger partial charge in [0.15, 0.2) is 0 Å². The van der Waals surface area contributed by atoms with Crippen molar-refractivity contribution in [3.63, 3.8) is 0 Å². The van der Waals surface area contributed by atoms with Crippen LogP contribution in [0.3, 0.4) is 0 Å². The summed E-state index contributed by atoms with van der Waals surface area (Å²) in [5.41, 5.74) is 7.17. The molecule has 31 heavy (non-hydrogen) atoms. The Morgan fingerprint density at radius 3 is 2.58 bits per heavy atom. The number of rotatable bonds is 6. The van der Waals surface area contributed by atoms with Crippen LogP contribution >= 0.6 is 0 Å². The number of aryl methyl sites for hydroxylation is 1. The van der Waals surface area contributed by atoms with Crippen LogP contribution in [0.5, 0.6) is 0 Å². The number of primary amides is 1. The average molecular weight is 443 g/mol. The number of nitrogens with zero attached hydrogens (tertiary/aromatic N) is 3. The van der Waals surface area contributed by atoms with Crippen molar-refractivity contribution in [3.05, 3.63) is 59.9 Å². The topological polar surface area (TPSA) is 111 Å². The van der Waals surface area contributed by atoms with Gasteiger partial charge in [-0.05, 0) is 18.9 Å². The monoisotopic (exact) mass is 442 g/mol. The molecular formula is C22H26N4O4S. The number of hydrogen-bond acceptors (Lipinski definition) is 5. The number of sulfonamides is 1. The van der Waals surface area contributed by atoms with Crippen LogP contribution in [0.2, 0.25) is 0 Å². The summed E-state index contributed by atoms with van der Waals surface area (Å²) in [4.78, 5) is 16.4. The van der Waals surface area contributed by atoms with Gasteiger partial charge in [-0.15, -0.1) is 0 Å². The number of benzene rings is 1. The summed E-state index contributed by atoms with van der Waals surface area (Å²) < 4.78 is 35.8. The highest BCUT2D eigenvalue weighted by Gasteiger charge is 2.40. The fourth-order valence-corrected chi connectivity index (χ4v) is 5.74. The summed E-state index contributed by atoms with van der Waals surface area (Å²) in [6.45, 7) is 4.40. The van der Waals surface area contributed by atoms with Gasteiger partial charge in [-0.2, -0.15) is 4.31 Å². The molecule has 1 aliphatic heterocycles. The summed E-state index contributed by atoms with van der Waals surface area (Å²) in [5.74, 6) is 0.551. The smallest absolute Gasteiger partial charge is 0.265 e. The number of amides is 1. The quantitative estimate of drug-likeness (QED) is 0.629. The highest BCUT2D eigenvalue weighted by Crippen LogP contribution is 2.40. The van der Waals surface area contributed by atoms with Crippen molar-refractivity contribution in [2.75, 3.05) is 6.54 Å². The Morgan fingerprint density at radius 1 is 1.26 bits per heavy atom. The van der Waals surface area contributed by atoms with E-state index in [4.69, 9.17) is 15.1 Å². The van der Waals surface area contributed by atoms with E-state index in [0.29, 0.717) is 25.3 Å². The molecule has 3 aromatic rings. The molecule has 1 amide bonds. The predicted octanol–water partition coefficient (Wildman–Crippen LogP) is 3.43. The standard InChI is InChI=1S/C22H26N4O4S/c1-14(2)20-19(15-8-5-4-6-9-15)24-22(30-20)17-10-7-11-26(17)31(28,29)16-12-18(21(23)27)25(3)13-16/h4-6,8-9,12-14,17H,7,10-11H2,1-3H3,(H2,23,27)/t17-/m0/s1. The molecular weight excluding hydrogens is 416 g/mol. The molecule has 0 saturated carbocycles. The largest absolute Gasteiger partial charge is 0.443 e. The average Bonchev–Trinajstić information content (AvgIpc) is 3.46. The molecule has 0 spiro atoms. The van der Waals surface area contributed by atoms with Gasteiger partial charge in [-0.25, -0.2) is 13.4 Å². The molecule has 8 nitrogen and oxygen atoms in total. The van der Waals surface area contributed by atoms with Crippen molar-refractivity contribution in [3.8, 4) is 11.3 Å². The second kappa shape index (κ2) is 7.97. The zero-order valence-electron chi connectivity index (χ0n) is 17.8. The van der Waals surface area contributed by atoms with Crippen molar-refractivity contribution in [1.29, 1.82) is 0 Å². The highest BCUT2D eigenvalue weighted by molar-refractivity contribution is 7.89. The third-order valence-electron chi connectivity index (χ3n) is 5.57. The fraction of sp³-hybridized carbons (Fsp3) is 0.364. The number of oxazole rings is 1. The van der Waals surface area contributed by atoms with E-state index in [0.717, 1.165) is 17.0 Å². The molecule has 4 rings (SSSR count). The lowest BCUT2D eigenvalue weighted by Gasteiger charge is -2.21. The SMILES string of the molecule is CC(C)c1oc([C@@H]2CCCN2S(=O)(=O)c2cc(C(N)=O)n(C)c2)nc1-c1ccccc1. The first-order chi connectivity index (χ1) is 14.7. The Labute approximate surface area is 181 Å². The minimum atomic E-state index is -3.85. The molecule has 1 aliphatic rings. The van der Waals surface area contributed by atoms with Gasteiger partial charge in [0, 0.05) is 31.3 Å². The van der Waals surface area contributed by atoms with Crippen LogP contribution in [0, 0.1) is 0 Å². The summed E-state index contributed by atoms with van der Waals surface area (Å²) in [5, 5.41) is 0. The second-order valence-corrected chi connectivity index (χ2v) is 9.99. The van der Waals surface area contributed by atoms with Crippen molar-refractivity contribution in [2.24, 2.45) is 12.8 Å². The molecule has 0 unspecified atom stereocenters. The molecule has 1 aromatic carbocycles. The third-order valence-corrected chi connectivity index (χ3v) is 7.44. The van der Waals surface area contributed by atoms with Gasteiger partial charge in [-0.3, -0.25) is 4.79 Å². The van der Waals surface area contributed by atoms with E-state index in [1.54, 1.807) is 7.05 Å². The van der Waals surface area contributed by atoms with Gasteiger partial charge >= 0.3 is 0 Å². The Morgan fingerprint density at radius 2 is 1.97 bits per heavy atom. The minimum absolute atomic E-state index is 0.0367. The van der Waals surface area contributed by atoms with Crippen molar-refractivity contribution >= 4 is 15.9 Å². The lowest BCUT2D eigenvalue weighted by molar-refractivity contribution is 0.0992. The summed E-state index contributed by atoms with van der Waals surface area (Å²) in [7, 11) is -2.26. The molecule has 164 valence electrons. The molecule has 2 aromatic heterocycles. The van der Waals surface area contributed by atoms with Crippen LogP contribution in [0.15, 0.2) is 51.9 Å². The van der Waals surface area contributed by atoms with Crippen LogP contribution in [-0.2, 0) is 17.1 Å². The van der Waals surface area contributed by atoms with Crippen LogP contribution in [0.4, 0.5) is 0 Å². The molecule has 2 N–H and O–H groups in total. The fourth-order valence-electron chi connectivity index (χ4n) is 4.02. The van der Waals surface area contributed by atoms with Crippen molar-refractivity contribution in [1.82, 2.24) is 13.9 Å². The van der Waals surface area contributed by atoms with Gasteiger partial charge in [-0.1, -0.05) is 44.2 Å². The number of nitrogens with two attached hydrogens (primary N) is 1. The minimum Gasteiger partial charge on any atom is -0.443 e. The highest BCUT2D eigenvalue weighted by atomic mass is 32.2. The number of aromatic nitrogens is 2. The number of carbonyl (C=O) groups excluding carboxylic acids is 1. The van der Waals surface area contributed by atoms with Gasteiger partial charge < -0.3 is 14.7 Å². The molecule has 1 fully saturated rings. The lowest BCUT2D eigenvalue weighted by atomic mass is 10.0. The molecule has 0 aliphatic carbocycles. The molecule has 3 heterocycles. The molecule has 1 saturated heterocycles. The lowest BCUT2D eigenvalue weighted by Crippen LogP contribution is -2.30. The van der Waals surface area contributed by atoms with E-state index < -0.39 is 22.0 Å². The Hall–Kier alpha value is -2.91. The maximum atomic E-state index is 13.4. The van der Waals surface area contributed by atoms with Crippen molar-refractivity contribution < 1.29 is 17.6 Å². The van der Waals surface area contributed by atoms with E-state index in [-0.39, 0.29) is 16.5 Å². The van der Waals surface area contributed by atoms with E-state index in [1.807, 2.05) is 44.2 Å². The Bertz CT molecular complexity index is 1210. The normalized spacial score (nSPS) is 17.5.